The molecule has 0 saturated carbocycles. The second kappa shape index (κ2) is 42.7. The van der Waals surface area contributed by atoms with Gasteiger partial charge in [-0.1, -0.05) is 4.57 Å². The maximum Gasteiger partial charge on any atom is 1.00 e. The Kier molecular flexibility index (Phi) is 114. The van der Waals surface area contributed by atoms with Gasteiger partial charge in [-0.3, -0.25) is 0 Å². The maximum atomic E-state index is 8.48. The molecule has 0 radical (unpaired) electrons. The Labute approximate surface area is 209 Å². The molecule has 0 atom stereocenters. The number of nitrogens with two attached hydrogens (primary N) is 2. The topological polar surface area (TPSA) is 127 Å². The third kappa shape index (κ3) is 76.5. The van der Waals surface area contributed by atoms with E-state index in [0.717, 1.165) is 13.1 Å². The first-order chi connectivity index (χ1) is 5.15. The molecule has 0 aliphatic carbocycles. The van der Waals surface area contributed by atoms with Gasteiger partial charge in [-0.15, -0.1) is 0 Å². The molecule has 0 heterocycles. The SMILES string of the molecule is NCCNCCN.O=[P+]([O-])[O-].[Na+].[Na+].[Na+].[Na+].[Na+]. The molecule has 0 aromatic rings. The van der Waals surface area contributed by atoms with E-state index in [1.165, 1.54) is 0 Å². The Bertz CT molecular complexity index is 99.0. The van der Waals surface area contributed by atoms with Gasteiger partial charge < -0.3 is 26.6 Å². The Balaban J connectivity index is -0.0000000165. The summed E-state index contributed by atoms with van der Waals surface area (Å²) < 4.78 is 8.48. The molecule has 68 valence electrons. The molecule has 0 fully saturated rings. The normalized spacial score (nSPS) is 5.75. The Morgan fingerprint density at radius 2 is 1.06 bits per heavy atom. The molecular weight excluding hydrogens is 284 g/mol. The molecule has 5 N–H and O–H groups in total. The van der Waals surface area contributed by atoms with Crippen LogP contribution in [-0.2, 0) is 4.57 Å². The van der Waals surface area contributed by atoms with Crippen LogP contribution in [0.1, 0.15) is 0 Å². The average Bonchev–Trinajstić information content (AvgIpc) is 1.88. The standard InChI is InChI=1S/C4H13N3.5Na.HO3P/c5-1-3-7-4-2-6;;;;;;1-4(2)3/h7H,1-6H2;;;;;;(H,1,2,3)/q;5*+1;/p-1. The number of nitrogens with one attached hydrogen (secondary N) is 1. The Morgan fingerprint density at radius 3 is 1.19 bits per heavy atom. The number of hydrogen-bond acceptors (Lipinski definition) is 6. The van der Waals surface area contributed by atoms with Crippen molar-refractivity contribution in [3.05, 3.63) is 0 Å². The zero-order valence-corrected chi connectivity index (χ0v) is 22.0. The quantitative estimate of drug-likeness (QED) is 0.269. The molecule has 0 amide bonds. The van der Waals surface area contributed by atoms with Gasteiger partial charge in [-0.05, 0) is 0 Å². The van der Waals surface area contributed by atoms with Crippen LogP contribution in [0.25, 0.3) is 0 Å². The van der Waals surface area contributed by atoms with Crippen molar-refractivity contribution < 1.29 is 162 Å². The molecule has 0 aliphatic heterocycles. The fourth-order valence-corrected chi connectivity index (χ4v) is 0.329. The van der Waals surface area contributed by atoms with E-state index in [9.17, 15) is 0 Å². The summed E-state index contributed by atoms with van der Waals surface area (Å²) in [5, 5.41) is 3.03. The monoisotopic (exact) mass is 297 g/mol. The smallest absolute Gasteiger partial charge is 0.598 e. The zero-order valence-electron chi connectivity index (χ0n) is 11.2. The van der Waals surface area contributed by atoms with Gasteiger partial charge >= 0.3 is 148 Å². The third-order valence-electron chi connectivity index (χ3n) is 0.642. The summed E-state index contributed by atoms with van der Waals surface area (Å²) in [6.45, 7) is 3.13. The second-order valence-electron chi connectivity index (χ2n) is 1.55. The molecular formula is C4H13N3Na5O3P+4. The van der Waals surface area contributed by atoms with E-state index in [-0.39, 0.29) is 148 Å². The van der Waals surface area contributed by atoms with E-state index in [0.29, 0.717) is 13.1 Å². The van der Waals surface area contributed by atoms with E-state index in [4.69, 9.17) is 25.8 Å². The van der Waals surface area contributed by atoms with Crippen LogP contribution in [0.5, 0.6) is 0 Å². The van der Waals surface area contributed by atoms with Crippen LogP contribution in [0, 0.1) is 0 Å². The largest absolute Gasteiger partial charge is 1.00 e. The minimum Gasteiger partial charge on any atom is -0.598 e. The van der Waals surface area contributed by atoms with Crippen LogP contribution in [0.2, 0.25) is 0 Å². The summed E-state index contributed by atoms with van der Waals surface area (Å²) in [6.07, 6.45) is 0. The summed E-state index contributed by atoms with van der Waals surface area (Å²) in [5.41, 5.74) is 10.3. The summed E-state index contributed by atoms with van der Waals surface area (Å²) in [7, 11) is -3.37. The summed E-state index contributed by atoms with van der Waals surface area (Å²) in [4.78, 5) is 17.0. The third-order valence-corrected chi connectivity index (χ3v) is 0.642. The van der Waals surface area contributed by atoms with Crippen molar-refractivity contribution in [3.8, 4) is 0 Å². The molecule has 12 heteroatoms. The van der Waals surface area contributed by atoms with Gasteiger partial charge in [-0.2, -0.15) is 0 Å². The maximum absolute atomic E-state index is 8.48. The van der Waals surface area contributed by atoms with Gasteiger partial charge in [-0.25, -0.2) is 0 Å². The Hall–Kier alpha value is 4.90. The van der Waals surface area contributed by atoms with Gasteiger partial charge in [0.05, 0.1) is 0 Å². The van der Waals surface area contributed by atoms with Gasteiger partial charge in [0.25, 0.3) is 8.25 Å². The summed E-state index contributed by atoms with van der Waals surface area (Å²) in [5.74, 6) is 0. The minimum absolute atomic E-state index is 0. The first-order valence-corrected chi connectivity index (χ1v) is 4.17. The summed E-state index contributed by atoms with van der Waals surface area (Å²) in [6, 6.07) is 0. The van der Waals surface area contributed by atoms with Crippen LogP contribution >= 0.6 is 8.25 Å². The fraction of sp³-hybridized carbons (Fsp3) is 1.00. The molecule has 16 heavy (non-hydrogen) atoms. The van der Waals surface area contributed by atoms with Gasteiger partial charge in [0.15, 0.2) is 0 Å². The van der Waals surface area contributed by atoms with Gasteiger partial charge in [0.2, 0.25) is 0 Å². The molecule has 0 spiro atoms. The molecule has 0 aromatic heterocycles. The van der Waals surface area contributed by atoms with Crippen molar-refractivity contribution >= 4 is 8.25 Å². The van der Waals surface area contributed by atoms with E-state index < -0.39 is 8.25 Å². The summed E-state index contributed by atoms with van der Waals surface area (Å²) >= 11 is 0. The van der Waals surface area contributed by atoms with Crippen LogP contribution in [0.4, 0.5) is 0 Å². The van der Waals surface area contributed by atoms with E-state index in [1.54, 1.807) is 0 Å². The van der Waals surface area contributed by atoms with Crippen molar-refractivity contribution in [2.75, 3.05) is 26.2 Å². The predicted octanol–water partition coefficient (Wildman–Crippen LogP) is -18.1. The first kappa shape index (κ1) is 42.8. The van der Waals surface area contributed by atoms with Crippen molar-refractivity contribution in [2.24, 2.45) is 11.5 Å². The van der Waals surface area contributed by atoms with Crippen LogP contribution < -0.4 is 174 Å². The van der Waals surface area contributed by atoms with E-state index >= 15 is 0 Å². The van der Waals surface area contributed by atoms with Crippen molar-refractivity contribution in [3.63, 3.8) is 0 Å². The average molecular weight is 297 g/mol. The molecule has 0 aliphatic rings. The fourth-order valence-electron chi connectivity index (χ4n) is 0.329. The van der Waals surface area contributed by atoms with Crippen LogP contribution in [0.3, 0.4) is 0 Å². The zero-order chi connectivity index (χ0) is 9.11. The first-order valence-electron chi connectivity index (χ1n) is 3.07. The van der Waals surface area contributed by atoms with Crippen LogP contribution in [0.15, 0.2) is 0 Å². The number of hydrogen-bond donors (Lipinski definition) is 3. The van der Waals surface area contributed by atoms with Gasteiger partial charge in [0, 0.05) is 26.2 Å². The van der Waals surface area contributed by atoms with Crippen molar-refractivity contribution in [1.82, 2.24) is 5.32 Å². The predicted molar refractivity (Wildman–Crippen MR) is 38.6 cm³/mol. The van der Waals surface area contributed by atoms with E-state index in [1.807, 2.05) is 0 Å². The van der Waals surface area contributed by atoms with Crippen molar-refractivity contribution in [2.45, 2.75) is 0 Å². The van der Waals surface area contributed by atoms with Crippen molar-refractivity contribution in [1.29, 1.82) is 0 Å². The van der Waals surface area contributed by atoms with Crippen LogP contribution in [-0.4, -0.2) is 26.2 Å². The minimum atomic E-state index is -3.37. The molecule has 0 saturated heterocycles. The molecule has 0 unspecified atom stereocenters. The Morgan fingerprint density at radius 1 is 0.875 bits per heavy atom. The van der Waals surface area contributed by atoms with Gasteiger partial charge in [0.1, 0.15) is 0 Å². The second-order valence-corrected chi connectivity index (χ2v) is 2.00. The molecule has 0 bridgehead atoms. The molecule has 6 nitrogen and oxygen atoms in total. The molecule has 0 rings (SSSR count). The number of rotatable bonds is 4. The van der Waals surface area contributed by atoms with E-state index in [2.05, 4.69) is 5.32 Å². The molecule has 0 aromatic carbocycles.